The van der Waals surface area contributed by atoms with E-state index in [1.54, 1.807) is 6.07 Å². The first-order valence-electron chi connectivity index (χ1n) is 6.26. The monoisotopic (exact) mass is 279 g/mol. The molecule has 0 aliphatic heterocycles. The number of anilines is 1. The molecule has 2 aromatic rings. The zero-order valence-corrected chi connectivity index (χ0v) is 11.3. The van der Waals surface area contributed by atoms with Crippen molar-refractivity contribution in [1.29, 1.82) is 0 Å². The van der Waals surface area contributed by atoms with Crippen LogP contribution < -0.4 is 10.1 Å². The van der Waals surface area contributed by atoms with Gasteiger partial charge in [-0.1, -0.05) is 6.92 Å². The third-order valence-corrected chi connectivity index (χ3v) is 2.71. The Morgan fingerprint density at radius 1 is 1.25 bits per heavy atom. The molecule has 0 unspecified atom stereocenters. The predicted molar refractivity (Wildman–Crippen MR) is 72.7 cm³/mol. The van der Waals surface area contributed by atoms with Crippen molar-refractivity contribution in [2.24, 2.45) is 0 Å². The number of rotatable bonds is 5. The van der Waals surface area contributed by atoms with Crippen LogP contribution >= 0.6 is 0 Å². The Labute approximate surface area is 115 Å². The molecule has 0 amide bonds. The molecule has 0 aliphatic rings. The van der Waals surface area contributed by atoms with E-state index in [2.05, 4.69) is 15.3 Å². The van der Waals surface area contributed by atoms with Crippen LogP contribution in [0.5, 0.6) is 5.75 Å². The smallest absolute Gasteiger partial charge is 0.223 e. The van der Waals surface area contributed by atoms with Crippen LogP contribution in [-0.4, -0.2) is 23.6 Å². The Kier molecular flexibility index (Phi) is 4.45. The van der Waals surface area contributed by atoms with Crippen molar-refractivity contribution < 1.29 is 13.5 Å². The molecule has 0 atom stereocenters. The molecule has 1 aromatic heterocycles. The Bertz CT molecular complexity index is 605. The van der Waals surface area contributed by atoms with Crippen molar-refractivity contribution >= 4 is 5.95 Å². The summed E-state index contributed by atoms with van der Waals surface area (Å²) in [6.07, 6.45) is 1.91. The summed E-state index contributed by atoms with van der Waals surface area (Å²) in [6.45, 7) is 2.65. The first-order chi connectivity index (χ1) is 9.65. The van der Waals surface area contributed by atoms with E-state index in [1.165, 1.54) is 19.2 Å². The van der Waals surface area contributed by atoms with Gasteiger partial charge in [-0.15, -0.1) is 0 Å². The lowest BCUT2D eigenvalue weighted by Gasteiger charge is -2.08. The van der Waals surface area contributed by atoms with Crippen LogP contribution in [0.4, 0.5) is 14.7 Å². The summed E-state index contributed by atoms with van der Waals surface area (Å²) < 4.78 is 32.7. The Balaban J connectivity index is 2.40. The van der Waals surface area contributed by atoms with Crippen LogP contribution in [0.3, 0.4) is 0 Å². The van der Waals surface area contributed by atoms with Crippen LogP contribution in [0.25, 0.3) is 11.3 Å². The van der Waals surface area contributed by atoms with Gasteiger partial charge in [0, 0.05) is 18.2 Å². The maximum Gasteiger partial charge on any atom is 0.223 e. The van der Waals surface area contributed by atoms with Crippen molar-refractivity contribution in [3.05, 3.63) is 36.0 Å². The van der Waals surface area contributed by atoms with Gasteiger partial charge in [0.1, 0.15) is 17.3 Å². The highest BCUT2D eigenvalue weighted by Crippen LogP contribution is 2.27. The average Bonchev–Trinajstić information content (AvgIpc) is 2.46. The van der Waals surface area contributed by atoms with Gasteiger partial charge in [0.25, 0.3) is 0 Å². The second-order valence-electron chi connectivity index (χ2n) is 4.16. The summed E-state index contributed by atoms with van der Waals surface area (Å²) in [4.78, 5) is 7.84. The first kappa shape index (κ1) is 14.2. The summed E-state index contributed by atoms with van der Waals surface area (Å²) in [7, 11) is 1.44. The lowest BCUT2D eigenvalue weighted by atomic mass is 10.1. The molecule has 1 heterocycles. The molecule has 1 N–H and O–H groups in total. The highest BCUT2D eigenvalue weighted by Gasteiger charge is 2.14. The third kappa shape index (κ3) is 3.01. The second-order valence-corrected chi connectivity index (χ2v) is 4.16. The largest absolute Gasteiger partial charge is 0.497 e. The van der Waals surface area contributed by atoms with Crippen molar-refractivity contribution in [1.82, 2.24) is 9.97 Å². The Morgan fingerprint density at radius 3 is 2.70 bits per heavy atom. The van der Waals surface area contributed by atoms with Gasteiger partial charge in [0.2, 0.25) is 5.95 Å². The fraction of sp³-hybridized carbons (Fsp3) is 0.286. The van der Waals surface area contributed by atoms with Crippen LogP contribution in [0.2, 0.25) is 0 Å². The molecule has 20 heavy (non-hydrogen) atoms. The first-order valence-corrected chi connectivity index (χ1v) is 6.26. The number of aromatic nitrogens is 2. The van der Waals surface area contributed by atoms with Gasteiger partial charge in [0.15, 0.2) is 5.82 Å². The summed E-state index contributed by atoms with van der Waals surface area (Å²) in [6, 6.07) is 4.18. The van der Waals surface area contributed by atoms with Gasteiger partial charge >= 0.3 is 0 Å². The van der Waals surface area contributed by atoms with E-state index in [4.69, 9.17) is 4.74 Å². The van der Waals surface area contributed by atoms with Crippen LogP contribution in [0.1, 0.15) is 13.3 Å². The molecule has 2 rings (SSSR count). The number of ether oxygens (including phenoxy) is 1. The molecule has 4 nitrogen and oxygen atoms in total. The van der Waals surface area contributed by atoms with E-state index in [1.807, 2.05) is 6.92 Å². The fourth-order valence-corrected chi connectivity index (χ4v) is 1.69. The number of nitrogens with one attached hydrogen (secondary N) is 1. The normalized spacial score (nSPS) is 10.4. The number of halogens is 2. The Hall–Kier alpha value is -2.24. The fourth-order valence-electron chi connectivity index (χ4n) is 1.69. The Morgan fingerprint density at radius 2 is 2.05 bits per heavy atom. The number of methoxy groups -OCH3 is 1. The molecule has 0 fully saturated rings. The van der Waals surface area contributed by atoms with Gasteiger partial charge in [-0.2, -0.15) is 0 Å². The second kappa shape index (κ2) is 6.27. The quantitative estimate of drug-likeness (QED) is 0.912. The predicted octanol–water partition coefficient (Wildman–Crippen LogP) is 3.25. The number of hydrogen-bond acceptors (Lipinski definition) is 4. The van der Waals surface area contributed by atoms with Crippen molar-refractivity contribution in [3.63, 3.8) is 0 Å². The number of nitrogens with zero attached hydrogens (tertiary/aromatic N) is 2. The third-order valence-electron chi connectivity index (χ3n) is 2.71. The van der Waals surface area contributed by atoms with E-state index in [9.17, 15) is 8.78 Å². The average molecular weight is 279 g/mol. The zero-order chi connectivity index (χ0) is 14.5. The van der Waals surface area contributed by atoms with E-state index in [0.717, 1.165) is 12.6 Å². The maximum atomic E-state index is 14.0. The maximum absolute atomic E-state index is 14.0. The topological polar surface area (TPSA) is 47.0 Å². The van der Waals surface area contributed by atoms with Crippen molar-refractivity contribution in [2.45, 2.75) is 13.3 Å². The SMILES string of the molecule is CCCNc1ncc(F)c(-c2ccc(OC)cc2F)n1. The van der Waals surface area contributed by atoms with Crippen molar-refractivity contribution in [3.8, 4) is 17.0 Å². The minimum absolute atomic E-state index is 0.0706. The molecule has 0 saturated carbocycles. The molecule has 0 aliphatic carbocycles. The highest BCUT2D eigenvalue weighted by molar-refractivity contribution is 5.62. The molecule has 6 heteroatoms. The highest BCUT2D eigenvalue weighted by atomic mass is 19.1. The summed E-state index contributed by atoms with van der Waals surface area (Å²) in [5, 5.41) is 2.94. The lowest BCUT2D eigenvalue weighted by molar-refractivity contribution is 0.411. The minimum Gasteiger partial charge on any atom is -0.497 e. The van der Waals surface area contributed by atoms with Gasteiger partial charge in [-0.05, 0) is 18.6 Å². The van der Waals surface area contributed by atoms with Gasteiger partial charge in [-0.3, -0.25) is 0 Å². The zero-order valence-electron chi connectivity index (χ0n) is 11.3. The van der Waals surface area contributed by atoms with Crippen LogP contribution in [-0.2, 0) is 0 Å². The van der Waals surface area contributed by atoms with E-state index < -0.39 is 11.6 Å². The van der Waals surface area contributed by atoms with E-state index >= 15 is 0 Å². The molecule has 106 valence electrons. The standard InChI is InChI=1S/C14H15F2N3O/c1-3-6-17-14-18-8-12(16)13(19-14)10-5-4-9(20-2)7-11(10)15/h4-5,7-8H,3,6H2,1-2H3,(H,17,18,19). The van der Waals surface area contributed by atoms with Gasteiger partial charge in [-0.25, -0.2) is 18.7 Å². The molecular weight excluding hydrogens is 264 g/mol. The molecule has 0 spiro atoms. The van der Waals surface area contributed by atoms with E-state index in [-0.39, 0.29) is 17.2 Å². The molecule has 0 radical (unpaired) electrons. The molecule has 0 bridgehead atoms. The lowest BCUT2D eigenvalue weighted by Crippen LogP contribution is -2.06. The summed E-state index contributed by atoms with van der Waals surface area (Å²) >= 11 is 0. The number of hydrogen-bond donors (Lipinski definition) is 1. The van der Waals surface area contributed by atoms with Crippen LogP contribution in [0.15, 0.2) is 24.4 Å². The van der Waals surface area contributed by atoms with Gasteiger partial charge in [0.05, 0.1) is 13.3 Å². The van der Waals surface area contributed by atoms with Gasteiger partial charge < -0.3 is 10.1 Å². The summed E-state index contributed by atoms with van der Waals surface area (Å²) in [5.41, 5.74) is 0.00371. The van der Waals surface area contributed by atoms with Crippen LogP contribution in [0, 0.1) is 11.6 Å². The molecule has 0 saturated heterocycles. The minimum atomic E-state index is -0.670. The summed E-state index contributed by atoms with van der Waals surface area (Å²) in [5.74, 6) is -0.622. The van der Waals surface area contributed by atoms with E-state index in [0.29, 0.717) is 12.3 Å². The number of benzene rings is 1. The molecular formula is C14H15F2N3O. The molecule has 1 aromatic carbocycles. The van der Waals surface area contributed by atoms with Crippen molar-refractivity contribution in [2.75, 3.05) is 19.0 Å².